The van der Waals surface area contributed by atoms with E-state index in [1.807, 2.05) is 11.9 Å². The molecule has 19 heavy (non-hydrogen) atoms. The Bertz CT molecular complexity index is 316. The van der Waals surface area contributed by atoms with Crippen molar-refractivity contribution in [2.24, 2.45) is 5.92 Å². The second-order valence-corrected chi connectivity index (χ2v) is 6.51. The molecular weight excluding hydrogens is 262 g/mol. The van der Waals surface area contributed by atoms with Crippen LogP contribution in [0.25, 0.3) is 0 Å². The van der Waals surface area contributed by atoms with Crippen LogP contribution in [0.4, 0.5) is 0 Å². The van der Waals surface area contributed by atoms with Crippen molar-refractivity contribution >= 4 is 17.9 Å². The van der Waals surface area contributed by atoms with Gasteiger partial charge in [-0.25, -0.2) is 4.31 Å². The first kappa shape index (κ1) is 15.1. The van der Waals surface area contributed by atoms with Crippen LogP contribution in [0.15, 0.2) is 0 Å². The Hall–Kier alpha value is -0.300. The molecule has 0 aromatic heterocycles. The first-order chi connectivity index (χ1) is 9.10. The highest BCUT2D eigenvalue weighted by atomic mass is 32.2. The van der Waals surface area contributed by atoms with E-state index in [0.29, 0.717) is 18.6 Å². The summed E-state index contributed by atoms with van der Waals surface area (Å²) in [5, 5.41) is 12.6. The molecule has 2 N–H and O–H groups in total. The summed E-state index contributed by atoms with van der Waals surface area (Å²) in [5.74, 6) is -0.810. The molecule has 0 aromatic rings. The van der Waals surface area contributed by atoms with Gasteiger partial charge in [-0.15, -0.1) is 0 Å². The van der Waals surface area contributed by atoms with Gasteiger partial charge in [0.25, 0.3) is 0 Å². The molecular formula is C13H25N3O2S. The van der Waals surface area contributed by atoms with Crippen LogP contribution in [0.3, 0.4) is 0 Å². The van der Waals surface area contributed by atoms with Gasteiger partial charge in [-0.1, -0.05) is 11.9 Å². The summed E-state index contributed by atoms with van der Waals surface area (Å²) < 4.78 is 2.39. The second-order valence-electron chi connectivity index (χ2n) is 5.63. The third-order valence-electron chi connectivity index (χ3n) is 4.30. The molecule has 0 aliphatic carbocycles. The van der Waals surface area contributed by atoms with Crippen molar-refractivity contribution in [2.75, 3.05) is 39.0 Å². The highest BCUT2D eigenvalue weighted by Gasteiger charge is 2.31. The number of nitrogens with zero attached hydrogens (tertiary/aromatic N) is 2. The lowest BCUT2D eigenvalue weighted by atomic mass is 10.1. The molecule has 110 valence electrons. The fourth-order valence-corrected chi connectivity index (χ4v) is 3.53. The zero-order valence-corrected chi connectivity index (χ0v) is 12.7. The summed E-state index contributed by atoms with van der Waals surface area (Å²) in [7, 11) is 0. The molecule has 2 aliphatic heterocycles. The maximum absolute atomic E-state index is 11.0. The Balaban J connectivity index is 1.68. The summed E-state index contributed by atoms with van der Waals surface area (Å²) in [6.45, 7) is 7.06. The highest BCUT2D eigenvalue weighted by molar-refractivity contribution is 7.96. The van der Waals surface area contributed by atoms with Crippen molar-refractivity contribution in [2.45, 2.75) is 31.8 Å². The molecule has 2 fully saturated rings. The van der Waals surface area contributed by atoms with Crippen LogP contribution in [0.1, 0.15) is 19.8 Å². The molecule has 3 atom stereocenters. The van der Waals surface area contributed by atoms with Crippen LogP contribution in [-0.2, 0) is 4.79 Å². The summed E-state index contributed by atoms with van der Waals surface area (Å²) in [4.78, 5) is 13.3. The van der Waals surface area contributed by atoms with Crippen molar-refractivity contribution in [3.63, 3.8) is 0 Å². The molecule has 2 saturated heterocycles. The predicted molar refractivity (Wildman–Crippen MR) is 78.3 cm³/mol. The van der Waals surface area contributed by atoms with Crippen molar-refractivity contribution in [1.29, 1.82) is 0 Å². The SMILES string of the molecule is CSN1CCC(NCC(C)N2CCC(C(=O)O)C2)C1. The van der Waals surface area contributed by atoms with E-state index >= 15 is 0 Å². The fourth-order valence-electron chi connectivity index (χ4n) is 2.92. The maximum Gasteiger partial charge on any atom is 0.307 e. The van der Waals surface area contributed by atoms with Gasteiger partial charge in [0, 0.05) is 38.3 Å². The molecule has 6 heteroatoms. The minimum atomic E-state index is -0.644. The largest absolute Gasteiger partial charge is 0.481 e. The van der Waals surface area contributed by atoms with E-state index in [9.17, 15) is 4.79 Å². The molecule has 3 unspecified atom stereocenters. The normalized spacial score (nSPS) is 30.8. The minimum absolute atomic E-state index is 0.166. The number of hydrogen-bond donors (Lipinski definition) is 2. The molecule has 0 spiro atoms. The van der Waals surface area contributed by atoms with Crippen molar-refractivity contribution in [3.8, 4) is 0 Å². The van der Waals surface area contributed by atoms with Crippen molar-refractivity contribution in [3.05, 3.63) is 0 Å². The molecule has 5 nitrogen and oxygen atoms in total. The molecule has 0 amide bonds. The molecule has 0 radical (unpaired) electrons. The second kappa shape index (κ2) is 6.92. The Morgan fingerprint density at radius 3 is 2.79 bits per heavy atom. The molecule has 2 aliphatic rings. The van der Waals surface area contributed by atoms with Gasteiger partial charge in [0.05, 0.1) is 5.92 Å². The highest BCUT2D eigenvalue weighted by Crippen LogP contribution is 2.19. The fraction of sp³-hybridized carbons (Fsp3) is 0.923. The number of nitrogens with one attached hydrogen (secondary N) is 1. The number of likely N-dealkylation sites (tertiary alicyclic amines) is 1. The smallest absolute Gasteiger partial charge is 0.307 e. The van der Waals surface area contributed by atoms with E-state index in [1.165, 1.54) is 6.42 Å². The third-order valence-corrected chi connectivity index (χ3v) is 5.15. The zero-order valence-electron chi connectivity index (χ0n) is 11.8. The molecule has 2 heterocycles. The van der Waals surface area contributed by atoms with Gasteiger partial charge in [0.1, 0.15) is 0 Å². The third kappa shape index (κ3) is 4.08. The topological polar surface area (TPSA) is 55.8 Å². The van der Waals surface area contributed by atoms with Gasteiger partial charge in [-0.05, 0) is 32.6 Å². The first-order valence-corrected chi connectivity index (χ1v) is 8.27. The molecule has 0 bridgehead atoms. The van der Waals surface area contributed by atoms with E-state index in [4.69, 9.17) is 5.11 Å². The van der Waals surface area contributed by atoms with Crippen molar-refractivity contribution in [1.82, 2.24) is 14.5 Å². The molecule has 0 aromatic carbocycles. The average molecular weight is 287 g/mol. The van der Waals surface area contributed by atoms with Crippen LogP contribution in [0.2, 0.25) is 0 Å². The molecule has 2 rings (SSSR count). The summed E-state index contributed by atoms with van der Waals surface area (Å²) in [5.41, 5.74) is 0. The van der Waals surface area contributed by atoms with Crippen LogP contribution < -0.4 is 5.32 Å². The number of carbonyl (C=O) groups is 1. The quantitative estimate of drug-likeness (QED) is 0.702. The lowest BCUT2D eigenvalue weighted by Gasteiger charge is -2.26. The van der Waals surface area contributed by atoms with Gasteiger partial charge in [0.15, 0.2) is 0 Å². The van der Waals surface area contributed by atoms with Crippen LogP contribution in [0.5, 0.6) is 0 Å². The lowest BCUT2D eigenvalue weighted by Crippen LogP contribution is -2.43. The first-order valence-electron chi connectivity index (χ1n) is 7.09. The summed E-state index contributed by atoms with van der Waals surface area (Å²) in [6, 6.07) is 1.01. The van der Waals surface area contributed by atoms with Gasteiger partial charge >= 0.3 is 5.97 Å². The van der Waals surface area contributed by atoms with E-state index in [0.717, 1.165) is 32.6 Å². The van der Waals surface area contributed by atoms with E-state index in [-0.39, 0.29) is 5.92 Å². The van der Waals surface area contributed by atoms with Crippen LogP contribution in [-0.4, -0.2) is 71.3 Å². The standard InChI is InChI=1S/C13H25N3O2S/c1-10(15-5-3-11(8-15)13(17)18)7-14-12-4-6-16(9-12)19-2/h10-12,14H,3-9H2,1-2H3,(H,17,18). The zero-order chi connectivity index (χ0) is 13.8. The number of carboxylic acid groups (broad SMARTS) is 1. The average Bonchev–Trinajstić information content (AvgIpc) is 3.04. The van der Waals surface area contributed by atoms with Crippen LogP contribution >= 0.6 is 11.9 Å². The van der Waals surface area contributed by atoms with Gasteiger partial charge in [-0.2, -0.15) is 0 Å². The van der Waals surface area contributed by atoms with E-state index in [2.05, 4.69) is 27.7 Å². The van der Waals surface area contributed by atoms with Crippen LogP contribution in [0, 0.1) is 5.92 Å². The Kier molecular flexibility index (Phi) is 5.50. The predicted octanol–water partition coefficient (Wildman–Crippen LogP) is 0.723. The monoisotopic (exact) mass is 287 g/mol. The van der Waals surface area contributed by atoms with Gasteiger partial charge in [-0.3, -0.25) is 9.69 Å². The Labute approximate surface area is 119 Å². The Morgan fingerprint density at radius 2 is 2.21 bits per heavy atom. The van der Waals surface area contributed by atoms with E-state index in [1.54, 1.807) is 0 Å². The molecule has 0 saturated carbocycles. The van der Waals surface area contributed by atoms with Gasteiger partial charge < -0.3 is 10.4 Å². The maximum atomic E-state index is 11.0. The minimum Gasteiger partial charge on any atom is -0.481 e. The number of rotatable bonds is 6. The van der Waals surface area contributed by atoms with E-state index < -0.39 is 5.97 Å². The lowest BCUT2D eigenvalue weighted by molar-refractivity contribution is -0.141. The number of aliphatic carboxylic acids is 1. The Morgan fingerprint density at radius 1 is 1.42 bits per heavy atom. The van der Waals surface area contributed by atoms with Crippen molar-refractivity contribution < 1.29 is 9.90 Å². The number of hydrogen-bond acceptors (Lipinski definition) is 5. The summed E-state index contributed by atoms with van der Waals surface area (Å²) >= 11 is 1.82. The van der Waals surface area contributed by atoms with Gasteiger partial charge in [0.2, 0.25) is 0 Å². The number of carboxylic acids is 1. The summed E-state index contributed by atoms with van der Waals surface area (Å²) in [6.07, 6.45) is 4.13.